The van der Waals surface area contributed by atoms with Crippen molar-refractivity contribution in [2.75, 3.05) is 0 Å². The van der Waals surface area contributed by atoms with Crippen LogP contribution in [-0.4, -0.2) is 9.55 Å². The first-order chi connectivity index (χ1) is 9.52. The van der Waals surface area contributed by atoms with Crippen LogP contribution in [0.1, 0.15) is 30.8 Å². The minimum atomic E-state index is -0.969. The molecule has 0 aliphatic heterocycles. The van der Waals surface area contributed by atoms with E-state index in [4.69, 9.17) is 5.73 Å². The van der Waals surface area contributed by atoms with Crippen LogP contribution in [0.3, 0.4) is 0 Å². The van der Waals surface area contributed by atoms with E-state index in [9.17, 15) is 13.2 Å². The van der Waals surface area contributed by atoms with Gasteiger partial charge in [0.15, 0.2) is 0 Å². The molecule has 1 atom stereocenters. The number of hydrogen-bond acceptors (Lipinski definition) is 2. The highest BCUT2D eigenvalue weighted by atomic mass is 19.1. The Morgan fingerprint density at radius 1 is 1.25 bits per heavy atom. The minimum Gasteiger partial charge on any atom is -0.335 e. The largest absolute Gasteiger partial charge is 0.335 e. The number of halogens is 3. The molecule has 0 amide bonds. The van der Waals surface area contributed by atoms with Crippen LogP contribution in [-0.2, 0) is 13.0 Å². The van der Waals surface area contributed by atoms with Crippen molar-refractivity contribution < 1.29 is 13.2 Å². The van der Waals surface area contributed by atoms with Crippen molar-refractivity contribution in [3.8, 4) is 0 Å². The topological polar surface area (TPSA) is 43.8 Å². The van der Waals surface area contributed by atoms with E-state index in [1.54, 1.807) is 12.4 Å². The molecular formula is C14H16F3N3. The smallest absolute Gasteiger partial charge is 0.133 e. The molecule has 0 aliphatic rings. The summed E-state index contributed by atoms with van der Waals surface area (Å²) in [6.45, 7) is 2.78. The van der Waals surface area contributed by atoms with E-state index >= 15 is 0 Å². The molecule has 0 spiro atoms. The zero-order chi connectivity index (χ0) is 14.7. The summed E-state index contributed by atoms with van der Waals surface area (Å²) in [6.07, 6.45) is 4.52. The van der Waals surface area contributed by atoms with E-state index in [1.165, 1.54) is 0 Å². The summed E-state index contributed by atoms with van der Waals surface area (Å²) >= 11 is 0. The highest BCUT2D eigenvalue weighted by Gasteiger charge is 2.20. The van der Waals surface area contributed by atoms with E-state index < -0.39 is 23.5 Å². The lowest BCUT2D eigenvalue weighted by atomic mass is 10.0. The summed E-state index contributed by atoms with van der Waals surface area (Å²) in [4.78, 5) is 4.14. The predicted molar refractivity (Wildman–Crippen MR) is 69.5 cm³/mol. The third-order valence-electron chi connectivity index (χ3n) is 3.08. The normalized spacial score (nSPS) is 12.7. The molecule has 0 fully saturated rings. The van der Waals surface area contributed by atoms with Crippen molar-refractivity contribution in [1.82, 2.24) is 9.55 Å². The number of rotatable bonds is 5. The molecule has 0 aliphatic carbocycles. The molecule has 2 aromatic rings. The van der Waals surface area contributed by atoms with E-state index in [0.717, 1.165) is 13.0 Å². The first-order valence-corrected chi connectivity index (χ1v) is 6.43. The standard InChI is InChI=1S/C14H16F3N3/c1-2-4-20-5-3-19-13(20)8-12(18)14-10(16)6-9(15)7-11(14)17/h3,5-7,12H,2,4,8,18H2,1H3. The molecule has 3 nitrogen and oxygen atoms in total. The summed E-state index contributed by atoms with van der Waals surface area (Å²) in [7, 11) is 0. The van der Waals surface area contributed by atoms with E-state index in [1.807, 2.05) is 11.5 Å². The first-order valence-electron chi connectivity index (χ1n) is 6.43. The summed E-state index contributed by atoms with van der Waals surface area (Å²) < 4.78 is 42.1. The number of aryl methyl sites for hydroxylation is 1. The Morgan fingerprint density at radius 2 is 1.90 bits per heavy atom. The second-order valence-corrected chi connectivity index (χ2v) is 4.63. The van der Waals surface area contributed by atoms with Gasteiger partial charge in [-0.2, -0.15) is 0 Å². The highest BCUT2D eigenvalue weighted by molar-refractivity contribution is 5.25. The van der Waals surface area contributed by atoms with Crippen molar-refractivity contribution in [2.45, 2.75) is 32.4 Å². The lowest BCUT2D eigenvalue weighted by molar-refractivity contribution is 0.494. The zero-order valence-corrected chi connectivity index (χ0v) is 11.1. The Bertz CT molecular complexity index is 572. The Hall–Kier alpha value is -1.82. The van der Waals surface area contributed by atoms with Crippen molar-refractivity contribution in [2.24, 2.45) is 5.73 Å². The molecule has 108 valence electrons. The van der Waals surface area contributed by atoms with Gasteiger partial charge in [0, 0.05) is 49.1 Å². The van der Waals surface area contributed by atoms with Gasteiger partial charge in [-0.1, -0.05) is 6.92 Å². The van der Waals surface area contributed by atoms with Crippen molar-refractivity contribution in [3.05, 3.63) is 53.4 Å². The number of imidazole rings is 1. The first kappa shape index (κ1) is 14.6. The minimum absolute atomic E-state index is 0.187. The fourth-order valence-corrected chi connectivity index (χ4v) is 2.18. The number of hydrogen-bond donors (Lipinski definition) is 1. The van der Waals surface area contributed by atoms with Crippen LogP contribution < -0.4 is 5.73 Å². The van der Waals surface area contributed by atoms with Gasteiger partial charge in [0.1, 0.15) is 23.3 Å². The third kappa shape index (κ3) is 3.01. The molecule has 1 heterocycles. The molecule has 0 radical (unpaired) electrons. The van der Waals surface area contributed by atoms with Gasteiger partial charge in [0.2, 0.25) is 0 Å². The number of nitrogens with zero attached hydrogens (tertiary/aromatic N) is 2. The molecule has 1 aromatic heterocycles. The van der Waals surface area contributed by atoms with Crippen LogP contribution in [0.5, 0.6) is 0 Å². The van der Waals surface area contributed by atoms with Gasteiger partial charge in [-0.15, -0.1) is 0 Å². The Balaban J connectivity index is 2.24. The molecule has 20 heavy (non-hydrogen) atoms. The van der Waals surface area contributed by atoms with Gasteiger partial charge in [0.25, 0.3) is 0 Å². The van der Waals surface area contributed by atoms with Gasteiger partial charge < -0.3 is 10.3 Å². The van der Waals surface area contributed by atoms with Crippen LogP contribution in [0.4, 0.5) is 13.2 Å². The number of benzene rings is 1. The van der Waals surface area contributed by atoms with Gasteiger partial charge in [-0.3, -0.25) is 0 Å². The molecule has 0 saturated heterocycles. The van der Waals surface area contributed by atoms with Crippen molar-refractivity contribution in [1.29, 1.82) is 0 Å². The molecule has 6 heteroatoms. The van der Waals surface area contributed by atoms with Crippen molar-refractivity contribution >= 4 is 0 Å². The van der Waals surface area contributed by atoms with Gasteiger partial charge in [0.05, 0.1) is 0 Å². The average Bonchev–Trinajstić information content (AvgIpc) is 2.75. The Morgan fingerprint density at radius 3 is 2.50 bits per heavy atom. The van der Waals surface area contributed by atoms with Gasteiger partial charge in [-0.05, 0) is 6.42 Å². The number of aromatic nitrogens is 2. The average molecular weight is 283 g/mol. The molecule has 0 bridgehead atoms. The lowest BCUT2D eigenvalue weighted by Crippen LogP contribution is -2.19. The Labute approximate surface area is 115 Å². The summed E-state index contributed by atoms with van der Waals surface area (Å²) in [5, 5.41) is 0. The molecule has 0 saturated carbocycles. The fraction of sp³-hybridized carbons (Fsp3) is 0.357. The summed E-state index contributed by atoms with van der Waals surface area (Å²) in [5.74, 6) is -2.24. The highest BCUT2D eigenvalue weighted by Crippen LogP contribution is 2.23. The molecule has 1 unspecified atom stereocenters. The maximum absolute atomic E-state index is 13.7. The van der Waals surface area contributed by atoms with Gasteiger partial charge >= 0.3 is 0 Å². The summed E-state index contributed by atoms with van der Waals surface area (Å²) in [6, 6.07) is 0.363. The van der Waals surface area contributed by atoms with Gasteiger partial charge in [-0.25, -0.2) is 18.2 Å². The quantitative estimate of drug-likeness (QED) is 0.916. The fourth-order valence-electron chi connectivity index (χ4n) is 2.18. The molecule has 1 aromatic carbocycles. The van der Waals surface area contributed by atoms with Crippen LogP contribution in [0, 0.1) is 17.5 Å². The van der Waals surface area contributed by atoms with Crippen LogP contribution in [0.15, 0.2) is 24.5 Å². The Kier molecular flexibility index (Phi) is 4.44. The van der Waals surface area contributed by atoms with E-state index in [0.29, 0.717) is 18.0 Å². The van der Waals surface area contributed by atoms with Crippen LogP contribution >= 0.6 is 0 Å². The third-order valence-corrected chi connectivity index (χ3v) is 3.08. The molecular weight excluding hydrogens is 267 g/mol. The monoisotopic (exact) mass is 283 g/mol. The van der Waals surface area contributed by atoms with Crippen molar-refractivity contribution in [3.63, 3.8) is 0 Å². The van der Waals surface area contributed by atoms with E-state index in [-0.39, 0.29) is 12.0 Å². The maximum atomic E-state index is 13.7. The maximum Gasteiger partial charge on any atom is 0.133 e. The molecule has 2 rings (SSSR count). The van der Waals surface area contributed by atoms with Crippen LogP contribution in [0.25, 0.3) is 0 Å². The van der Waals surface area contributed by atoms with Crippen LogP contribution in [0.2, 0.25) is 0 Å². The molecule has 2 N–H and O–H groups in total. The zero-order valence-electron chi connectivity index (χ0n) is 11.1. The predicted octanol–water partition coefficient (Wildman–Crippen LogP) is 2.95. The van der Waals surface area contributed by atoms with E-state index in [2.05, 4.69) is 4.98 Å². The second kappa shape index (κ2) is 6.09. The number of nitrogens with two attached hydrogens (primary N) is 1. The SMILES string of the molecule is CCCn1ccnc1CC(N)c1c(F)cc(F)cc1F. The lowest BCUT2D eigenvalue weighted by Gasteiger charge is -2.15. The summed E-state index contributed by atoms with van der Waals surface area (Å²) in [5.41, 5.74) is 5.54. The second-order valence-electron chi connectivity index (χ2n) is 4.63.